The molecule has 0 atom stereocenters. The predicted octanol–water partition coefficient (Wildman–Crippen LogP) is 32.6. The van der Waals surface area contributed by atoms with Crippen LogP contribution in [0, 0.1) is 48.5 Å². The summed E-state index contributed by atoms with van der Waals surface area (Å²) in [5.41, 5.74) is 18.4. The summed E-state index contributed by atoms with van der Waals surface area (Å²) in [4.78, 5) is 37.3. The highest BCUT2D eigenvalue weighted by Gasteiger charge is 2.32. The van der Waals surface area contributed by atoms with Crippen molar-refractivity contribution in [1.29, 1.82) is 0 Å². The molecule has 0 saturated carbocycles. The lowest BCUT2D eigenvalue weighted by Gasteiger charge is -2.23. The molecular formula is C100H113F3N6OS7. The summed E-state index contributed by atoms with van der Waals surface area (Å²) >= 11 is 12.5. The summed E-state index contributed by atoms with van der Waals surface area (Å²) in [5, 5.41) is 5.46. The number of alkyl halides is 3. The summed E-state index contributed by atoms with van der Waals surface area (Å²) in [5.74, 6) is 0.878. The van der Waals surface area contributed by atoms with E-state index >= 15 is 0 Å². The average molecular weight is 1700 g/mol. The summed E-state index contributed by atoms with van der Waals surface area (Å²) < 4.78 is 44.0. The molecule has 0 amide bonds. The number of thiazole rings is 3. The summed E-state index contributed by atoms with van der Waals surface area (Å²) in [6, 6.07) is 66.4. The summed E-state index contributed by atoms with van der Waals surface area (Å²) in [6.45, 7) is 55.3. The monoisotopic (exact) mass is 1690 g/mol. The molecule has 0 saturated heterocycles. The van der Waals surface area contributed by atoms with Crippen LogP contribution in [0.5, 0.6) is 5.75 Å². The largest absolute Gasteiger partial charge is 0.497 e. The highest BCUT2D eigenvalue weighted by atomic mass is 32.1. The van der Waals surface area contributed by atoms with E-state index in [1.54, 1.807) is 29.8 Å². The molecule has 17 heteroatoms. The maximum absolute atomic E-state index is 12.5. The van der Waals surface area contributed by atoms with E-state index in [4.69, 9.17) is 19.7 Å². The smallest absolute Gasteiger partial charge is 0.416 e. The summed E-state index contributed by atoms with van der Waals surface area (Å²) in [6.07, 6.45) is -0.574. The molecule has 0 N–H and O–H groups in total. The number of halogens is 3. The van der Waals surface area contributed by atoms with Crippen LogP contribution < -0.4 is 9.64 Å². The van der Waals surface area contributed by atoms with Gasteiger partial charge in [-0.05, 0) is 219 Å². The number of anilines is 3. The second-order valence-electron chi connectivity index (χ2n) is 35.5. The Labute approximate surface area is 722 Å². The number of para-hydroxylation sites is 4. The molecule has 117 heavy (non-hydrogen) atoms. The molecule has 612 valence electrons. The molecule has 0 aliphatic rings. The van der Waals surface area contributed by atoms with Crippen molar-refractivity contribution < 1.29 is 17.9 Å². The van der Waals surface area contributed by atoms with Gasteiger partial charge in [0.25, 0.3) is 0 Å². The lowest BCUT2D eigenvalue weighted by Crippen LogP contribution is -2.12. The van der Waals surface area contributed by atoms with Crippen molar-refractivity contribution in [2.45, 2.75) is 212 Å². The Balaban J connectivity index is 0.000000148. The van der Waals surface area contributed by atoms with Gasteiger partial charge in [0.2, 0.25) is 0 Å². The van der Waals surface area contributed by atoms with Crippen molar-refractivity contribution in [2.24, 2.45) is 0 Å². The number of rotatable bonds is 9. The van der Waals surface area contributed by atoms with Gasteiger partial charge in [0.05, 0.1) is 55.2 Å². The second-order valence-corrected chi connectivity index (χ2v) is 43.9. The van der Waals surface area contributed by atoms with Crippen molar-refractivity contribution in [2.75, 3.05) is 12.0 Å². The van der Waals surface area contributed by atoms with Crippen molar-refractivity contribution in [3.8, 4) is 57.8 Å². The van der Waals surface area contributed by atoms with Gasteiger partial charge in [-0.3, -0.25) is 4.98 Å². The van der Waals surface area contributed by atoms with E-state index in [1.165, 1.54) is 128 Å². The van der Waals surface area contributed by atoms with E-state index in [0.29, 0.717) is 0 Å². The minimum absolute atomic E-state index is 0.0647. The molecule has 15 aromatic rings. The third-order valence-electron chi connectivity index (χ3n) is 19.6. The first kappa shape index (κ1) is 90.5. The third kappa shape index (κ3) is 23.2. The fraction of sp³-hybridized carbons (Fsp3) is 0.330. The molecule has 7 nitrogen and oxygen atoms in total. The van der Waals surface area contributed by atoms with E-state index < -0.39 is 11.7 Å². The topological polar surface area (TPSA) is 76.9 Å². The number of hydrogen-bond donors (Lipinski definition) is 0. The van der Waals surface area contributed by atoms with E-state index in [0.717, 1.165) is 71.3 Å². The van der Waals surface area contributed by atoms with Gasteiger partial charge < -0.3 is 9.64 Å². The summed E-state index contributed by atoms with van der Waals surface area (Å²) in [7, 11) is 1.68. The van der Waals surface area contributed by atoms with Gasteiger partial charge in [0.1, 0.15) is 25.8 Å². The van der Waals surface area contributed by atoms with Crippen LogP contribution in [0.2, 0.25) is 0 Å². The molecule has 0 aliphatic heterocycles. The second kappa shape index (κ2) is 37.2. The lowest BCUT2D eigenvalue weighted by molar-refractivity contribution is -0.137. The van der Waals surface area contributed by atoms with Crippen LogP contribution >= 0.6 is 79.4 Å². The van der Waals surface area contributed by atoms with Crippen LogP contribution in [0.4, 0.5) is 29.5 Å². The number of thiophene rings is 4. The minimum atomic E-state index is -4.30. The molecule has 9 aromatic heterocycles. The number of ether oxygens (including phenoxy) is 1. The Morgan fingerprint density at radius 1 is 0.350 bits per heavy atom. The maximum atomic E-state index is 12.5. The number of hydrogen-bond acceptors (Lipinski definition) is 14. The van der Waals surface area contributed by atoms with Gasteiger partial charge in [-0.1, -0.05) is 210 Å². The first-order chi connectivity index (χ1) is 54.8. The fourth-order valence-electron chi connectivity index (χ4n) is 14.2. The molecule has 0 aliphatic carbocycles. The molecular weight excluding hydrogens is 1580 g/mol. The van der Waals surface area contributed by atoms with Crippen LogP contribution in [0.25, 0.3) is 73.2 Å². The third-order valence-corrected chi connectivity index (χ3v) is 27.3. The number of benzene rings is 6. The zero-order valence-corrected chi connectivity index (χ0v) is 78.5. The Kier molecular flexibility index (Phi) is 28.8. The van der Waals surface area contributed by atoms with Crippen molar-refractivity contribution in [3.63, 3.8) is 0 Å². The molecule has 0 fully saturated rings. The quantitative estimate of drug-likeness (QED) is 0.142. The average Bonchev–Trinajstić information content (AvgIpc) is 1.65. The highest BCUT2D eigenvalue weighted by molar-refractivity contribution is 7.25. The van der Waals surface area contributed by atoms with Gasteiger partial charge in [0, 0.05) is 85.3 Å². The maximum Gasteiger partial charge on any atom is 0.416 e. The van der Waals surface area contributed by atoms with Gasteiger partial charge >= 0.3 is 6.18 Å². The van der Waals surface area contributed by atoms with Gasteiger partial charge in [-0.2, -0.15) is 13.2 Å². The zero-order chi connectivity index (χ0) is 85.5. The standard InChI is InChI=1S/C21H23NS.C18H19NS.C16H17NS2.C15H16F3NS.C15H19NOS.C15H19NS/c1-16-19(21(2,3)4)15-20(23-16)22(17-11-7-5-8-12-17)18-13-9-6-10-14-18;1-12-14(18(2,3)4)11-17(20-12)16-10-9-13-7-5-6-8-15(13)19-16;1-10-11(16(2,3)4)9-14(18-10)15-17-12-7-5-6-8-13(12)19-15;1-9-12(14(2,3)4)19-13(20-9)10-5-7-11(8-6-10)15(16,17)18;1-10-13(15(2,3)4)16-14(18-10)11-6-8-12(17-5)9-7-11;1-10-13(15(3,4)5)11(2)17-14(10)12-6-8-16-9-7-12/h5-15H,1-4H3;5-11H,1-4H3;5-9H,1-4H3;5-8H,1-4H3;6-9H,1-5H3;6-9H,1-5H3. The van der Waals surface area contributed by atoms with E-state index in [1.807, 2.05) is 88.9 Å². The van der Waals surface area contributed by atoms with Gasteiger partial charge in [-0.15, -0.1) is 79.4 Å². The van der Waals surface area contributed by atoms with Gasteiger partial charge in [-0.25, -0.2) is 19.9 Å². The molecule has 0 unspecified atom stereocenters. The Hall–Kier alpha value is -8.78. The first-order valence-electron chi connectivity index (χ1n) is 39.5. The van der Waals surface area contributed by atoms with Crippen molar-refractivity contribution in [3.05, 3.63) is 287 Å². The fourth-order valence-corrected chi connectivity index (χ4v) is 22.6. The highest BCUT2D eigenvalue weighted by Crippen LogP contribution is 2.47. The van der Waals surface area contributed by atoms with Crippen molar-refractivity contribution >= 4 is 117 Å². The molecule has 9 heterocycles. The number of aryl methyl sites for hydroxylation is 6. The van der Waals surface area contributed by atoms with Crippen LogP contribution in [0.1, 0.15) is 199 Å². The SMILES string of the molecule is COc1ccc(-c2nc(C(C)(C)C)c(C)s2)cc1.Cc1sc(-c2ccc(C(F)(F)F)cc2)nc1C(C)(C)C.Cc1sc(-c2ccc3ccccc3n2)cc1C(C)(C)C.Cc1sc(-c2ccncc2)c(C)c1C(C)(C)C.Cc1sc(-c2nc3ccccc3s2)cc1C(C)(C)C.Cc1sc(N(c2ccccc2)c2ccccc2)cc1C(C)(C)C. The molecule has 0 radical (unpaired) electrons. The minimum Gasteiger partial charge on any atom is -0.497 e. The lowest BCUT2D eigenvalue weighted by atomic mass is 9.84. The number of fused-ring (bicyclic) bond motifs is 2. The van der Waals surface area contributed by atoms with E-state index in [-0.39, 0.29) is 32.5 Å². The predicted molar refractivity (Wildman–Crippen MR) is 507 cm³/mol. The van der Waals surface area contributed by atoms with E-state index in [2.05, 4.69) is 333 Å². The Morgan fingerprint density at radius 3 is 1.25 bits per heavy atom. The van der Waals surface area contributed by atoms with Gasteiger partial charge in [0.15, 0.2) is 0 Å². The van der Waals surface area contributed by atoms with Crippen LogP contribution in [-0.2, 0) is 38.7 Å². The van der Waals surface area contributed by atoms with Crippen LogP contribution in [0.15, 0.2) is 213 Å². The first-order valence-corrected chi connectivity index (χ1v) is 45.2. The molecule has 15 rings (SSSR count). The Morgan fingerprint density at radius 2 is 0.803 bits per heavy atom. The Bertz CT molecular complexity index is 5690. The van der Waals surface area contributed by atoms with E-state index in [9.17, 15) is 13.2 Å². The van der Waals surface area contributed by atoms with Crippen LogP contribution in [-0.4, -0.2) is 32.0 Å². The van der Waals surface area contributed by atoms with Crippen LogP contribution in [0.3, 0.4) is 0 Å². The normalized spacial score (nSPS) is 12.0. The number of methoxy groups -OCH3 is 1. The molecule has 0 bridgehead atoms. The number of nitrogens with zero attached hydrogens (tertiary/aromatic N) is 6. The molecule has 6 aromatic carbocycles. The number of aromatic nitrogens is 5. The number of pyridine rings is 2. The zero-order valence-electron chi connectivity index (χ0n) is 72.8. The van der Waals surface area contributed by atoms with Crippen molar-refractivity contribution in [1.82, 2.24) is 24.9 Å². The molecule has 0 spiro atoms.